The summed E-state index contributed by atoms with van der Waals surface area (Å²) in [5.74, 6) is 0.315. The summed E-state index contributed by atoms with van der Waals surface area (Å²) < 4.78 is 0. The fourth-order valence-electron chi connectivity index (χ4n) is 1.74. The zero-order valence-electron chi connectivity index (χ0n) is 9.89. The Morgan fingerprint density at radius 3 is 2.24 bits per heavy atom. The van der Waals surface area contributed by atoms with Crippen molar-refractivity contribution in [3.63, 3.8) is 0 Å². The molecule has 2 rings (SSSR count). The number of rotatable bonds is 3. The summed E-state index contributed by atoms with van der Waals surface area (Å²) >= 11 is 11.9. The van der Waals surface area contributed by atoms with Crippen LogP contribution in [-0.2, 0) is 10.3 Å². The lowest BCUT2D eigenvalue weighted by molar-refractivity contribution is -0.124. The zero-order valence-corrected chi connectivity index (χ0v) is 11.4. The number of halogens is 2. The van der Waals surface area contributed by atoms with Gasteiger partial charge in [0.25, 0.3) is 0 Å². The van der Waals surface area contributed by atoms with Gasteiger partial charge in [0.2, 0.25) is 5.91 Å². The lowest BCUT2D eigenvalue weighted by atomic mass is 9.94. The molecule has 0 radical (unpaired) electrons. The van der Waals surface area contributed by atoms with Crippen molar-refractivity contribution >= 4 is 29.1 Å². The van der Waals surface area contributed by atoms with Gasteiger partial charge in [-0.2, -0.15) is 0 Å². The molecule has 4 heteroatoms. The van der Waals surface area contributed by atoms with Gasteiger partial charge >= 0.3 is 0 Å². The number of carbonyl (C=O) groups is 1. The first-order chi connectivity index (χ1) is 7.88. The normalized spacial score (nSPS) is 15.8. The Kier molecular flexibility index (Phi) is 3.37. The fourth-order valence-corrected chi connectivity index (χ4v) is 2.27. The van der Waals surface area contributed by atoms with E-state index in [1.807, 2.05) is 26.0 Å². The third-order valence-corrected chi connectivity index (χ3v) is 3.40. The zero-order chi connectivity index (χ0) is 12.6. The molecule has 1 aliphatic carbocycles. The number of nitrogens with one attached hydrogen (secondary N) is 1. The molecule has 0 unspecified atom stereocenters. The van der Waals surface area contributed by atoms with Crippen LogP contribution in [0.25, 0.3) is 0 Å². The van der Waals surface area contributed by atoms with E-state index in [1.165, 1.54) is 0 Å². The van der Waals surface area contributed by atoms with Crippen LogP contribution in [0.5, 0.6) is 0 Å². The van der Waals surface area contributed by atoms with Crippen LogP contribution in [0.15, 0.2) is 18.2 Å². The minimum atomic E-state index is -0.450. The summed E-state index contributed by atoms with van der Waals surface area (Å²) in [5.41, 5.74) is 0.470. The van der Waals surface area contributed by atoms with Crippen LogP contribution in [-0.4, -0.2) is 5.91 Å². The molecule has 17 heavy (non-hydrogen) atoms. The molecule has 1 aliphatic rings. The molecule has 0 bridgehead atoms. The monoisotopic (exact) mass is 271 g/mol. The van der Waals surface area contributed by atoms with Crippen molar-refractivity contribution in [2.24, 2.45) is 5.92 Å². The van der Waals surface area contributed by atoms with Crippen molar-refractivity contribution in [3.05, 3.63) is 33.8 Å². The highest BCUT2D eigenvalue weighted by molar-refractivity contribution is 6.34. The van der Waals surface area contributed by atoms with E-state index < -0.39 is 5.54 Å². The van der Waals surface area contributed by atoms with Gasteiger partial charge < -0.3 is 5.32 Å². The number of amides is 1. The summed E-state index contributed by atoms with van der Waals surface area (Å²) in [6.07, 6.45) is 2.00. The molecule has 0 saturated heterocycles. The molecular weight excluding hydrogens is 257 g/mol. The first-order valence-corrected chi connectivity index (χ1v) is 6.43. The molecular formula is C13H15Cl2NO. The first kappa shape index (κ1) is 12.7. The van der Waals surface area contributed by atoms with Crippen molar-refractivity contribution in [1.29, 1.82) is 0 Å². The highest BCUT2D eigenvalue weighted by Gasteiger charge is 2.33. The number of hydrogen-bond acceptors (Lipinski definition) is 1. The highest BCUT2D eigenvalue weighted by Crippen LogP contribution is 2.32. The molecule has 0 aromatic heterocycles. The molecule has 1 fully saturated rings. The third-order valence-electron chi connectivity index (χ3n) is 2.97. The number of benzene rings is 1. The van der Waals surface area contributed by atoms with Crippen LogP contribution < -0.4 is 5.32 Å². The van der Waals surface area contributed by atoms with E-state index in [1.54, 1.807) is 6.07 Å². The van der Waals surface area contributed by atoms with Crippen LogP contribution in [0.1, 0.15) is 32.3 Å². The standard InChI is InChI=1S/C13H15Cl2NO/c1-13(2,16-12(17)8-3-4-8)9-5-10(14)7-11(15)6-9/h5-8H,3-4H2,1-2H3,(H,16,17). The molecule has 0 aliphatic heterocycles. The molecule has 1 aromatic rings. The Morgan fingerprint density at radius 1 is 1.24 bits per heavy atom. The van der Waals surface area contributed by atoms with Crippen LogP contribution in [0.2, 0.25) is 10.0 Å². The lowest BCUT2D eigenvalue weighted by Crippen LogP contribution is -2.41. The summed E-state index contributed by atoms with van der Waals surface area (Å²) in [4.78, 5) is 11.8. The van der Waals surface area contributed by atoms with Crippen molar-refractivity contribution in [2.45, 2.75) is 32.2 Å². The van der Waals surface area contributed by atoms with E-state index in [-0.39, 0.29) is 11.8 Å². The Hall–Kier alpha value is -0.730. The van der Waals surface area contributed by atoms with Gasteiger partial charge in [-0.15, -0.1) is 0 Å². The van der Waals surface area contributed by atoms with Gasteiger partial charge in [0, 0.05) is 16.0 Å². The first-order valence-electron chi connectivity index (χ1n) is 5.67. The maximum atomic E-state index is 11.8. The molecule has 0 heterocycles. The third kappa shape index (κ3) is 3.14. The van der Waals surface area contributed by atoms with E-state index in [4.69, 9.17) is 23.2 Å². The fraction of sp³-hybridized carbons (Fsp3) is 0.462. The average molecular weight is 272 g/mol. The Balaban J connectivity index is 2.20. The van der Waals surface area contributed by atoms with Gasteiger partial charge in [0.05, 0.1) is 5.54 Å². The van der Waals surface area contributed by atoms with E-state index in [9.17, 15) is 4.79 Å². The molecule has 1 N–H and O–H groups in total. The number of carbonyl (C=O) groups excluding carboxylic acids is 1. The predicted molar refractivity (Wildman–Crippen MR) is 70.4 cm³/mol. The topological polar surface area (TPSA) is 29.1 Å². The second-order valence-corrected chi connectivity index (χ2v) is 5.92. The smallest absolute Gasteiger partial charge is 0.223 e. The molecule has 1 saturated carbocycles. The summed E-state index contributed by atoms with van der Waals surface area (Å²) in [6, 6.07) is 5.35. The maximum Gasteiger partial charge on any atom is 0.223 e. The summed E-state index contributed by atoms with van der Waals surface area (Å²) in [5, 5.41) is 4.20. The van der Waals surface area contributed by atoms with Crippen LogP contribution in [0.3, 0.4) is 0 Å². The minimum Gasteiger partial charge on any atom is -0.347 e. The highest BCUT2D eigenvalue weighted by atomic mass is 35.5. The van der Waals surface area contributed by atoms with E-state index in [0.29, 0.717) is 10.0 Å². The molecule has 0 atom stereocenters. The van der Waals surface area contributed by atoms with Crippen molar-refractivity contribution < 1.29 is 4.79 Å². The molecule has 2 nitrogen and oxygen atoms in total. The number of hydrogen-bond donors (Lipinski definition) is 1. The van der Waals surface area contributed by atoms with Gasteiger partial charge in [-0.05, 0) is 50.5 Å². The average Bonchev–Trinajstić information content (AvgIpc) is 2.97. The second-order valence-electron chi connectivity index (χ2n) is 5.05. The SMILES string of the molecule is CC(C)(NC(=O)C1CC1)c1cc(Cl)cc(Cl)c1. The van der Waals surface area contributed by atoms with E-state index in [0.717, 1.165) is 18.4 Å². The Labute approximate surface area is 111 Å². The largest absolute Gasteiger partial charge is 0.347 e. The van der Waals surface area contributed by atoms with Crippen LogP contribution in [0, 0.1) is 5.92 Å². The van der Waals surface area contributed by atoms with Gasteiger partial charge in [0.15, 0.2) is 0 Å². The quantitative estimate of drug-likeness (QED) is 0.891. The summed E-state index contributed by atoms with van der Waals surface area (Å²) in [7, 11) is 0. The van der Waals surface area contributed by atoms with Gasteiger partial charge in [-0.1, -0.05) is 23.2 Å². The van der Waals surface area contributed by atoms with Gasteiger partial charge in [0.1, 0.15) is 0 Å². The van der Waals surface area contributed by atoms with Crippen molar-refractivity contribution in [3.8, 4) is 0 Å². The summed E-state index contributed by atoms with van der Waals surface area (Å²) in [6.45, 7) is 3.91. The molecule has 0 spiro atoms. The molecule has 92 valence electrons. The van der Waals surface area contributed by atoms with E-state index in [2.05, 4.69) is 5.32 Å². The van der Waals surface area contributed by atoms with Crippen LogP contribution in [0.4, 0.5) is 0 Å². The second kappa shape index (κ2) is 4.51. The molecule has 1 aromatic carbocycles. The van der Waals surface area contributed by atoms with E-state index >= 15 is 0 Å². The van der Waals surface area contributed by atoms with Crippen molar-refractivity contribution in [1.82, 2.24) is 5.32 Å². The van der Waals surface area contributed by atoms with Crippen molar-refractivity contribution in [2.75, 3.05) is 0 Å². The Bertz CT molecular complexity index is 432. The lowest BCUT2D eigenvalue weighted by Gasteiger charge is -2.27. The van der Waals surface area contributed by atoms with Gasteiger partial charge in [-0.25, -0.2) is 0 Å². The minimum absolute atomic E-state index is 0.117. The maximum absolute atomic E-state index is 11.8. The van der Waals surface area contributed by atoms with Gasteiger partial charge in [-0.3, -0.25) is 4.79 Å². The molecule has 1 amide bonds. The Morgan fingerprint density at radius 2 is 1.76 bits per heavy atom. The predicted octanol–water partition coefficient (Wildman–Crippen LogP) is 3.75. The van der Waals surface area contributed by atoms with Crippen LogP contribution >= 0.6 is 23.2 Å².